The van der Waals surface area contributed by atoms with Gasteiger partial charge in [0, 0.05) is 73.7 Å². The van der Waals surface area contributed by atoms with Crippen molar-refractivity contribution in [1.82, 2.24) is 24.5 Å². The monoisotopic (exact) mass is 992 g/mol. The number of aromatic nitrogens is 2. The smallest absolute Gasteiger partial charge is 0.312 e. The van der Waals surface area contributed by atoms with Crippen LogP contribution in [0.2, 0.25) is 5.02 Å². The summed E-state index contributed by atoms with van der Waals surface area (Å²) in [6.45, 7) is 11.0. The Hall–Kier alpha value is -5.72. The number of rotatable bonds is 13. The number of nitro groups is 1. The third-order valence-electron chi connectivity index (χ3n) is 15.0. The highest BCUT2D eigenvalue weighted by Gasteiger charge is 2.35. The number of hydrogen-bond donors (Lipinski definition) is 2. The van der Waals surface area contributed by atoms with Crippen LogP contribution < -0.4 is 24.0 Å². The fraction of sp³-hybridized carbons (Fsp3) is 0.462. The van der Waals surface area contributed by atoms with Gasteiger partial charge in [0.15, 0.2) is 5.75 Å². The number of pyridine rings is 1. The van der Waals surface area contributed by atoms with Gasteiger partial charge in [-0.15, -0.1) is 0 Å². The molecule has 3 fully saturated rings. The van der Waals surface area contributed by atoms with Crippen LogP contribution in [0.25, 0.3) is 16.6 Å². The second-order valence-corrected chi connectivity index (χ2v) is 22.3. The van der Waals surface area contributed by atoms with Crippen molar-refractivity contribution in [3.05, 3.63) is 111 Å². The zero-order chi connectivity index (χ0) is 48.7. The third kappa shape index (κ3) is 10.2. The van der Waals surface area contributed by atoms with Crippen molar-refractivity contribution in [2.45, 2.75) is 88.3 Å². The van der Waals surface area contributed by atoms with Crippen molar-refractivity contribution >= 4 is 66.9 Å². The fourth-order valence-corrected chi connectivity index (χ4v) is 11.8. The average molecular weight is 994 g/mol. The van der Waals surface area contributed by atoms with E-state index < -0.39 is 31.4 Å². The Morgan fingerprint density at radius 3 is 2.47 bits per heavy atom. The number of halogens is 1. The van der Waals surface area contributed by atoms with E-state index in [1.165, 1.54) is 28.8 Å². The van der Waals surface area contributed by atoms with Gasteiger partial charge in [-0.3, -0.25) is 24.7 Å². The standard InChI is InChI=1S/C52H61ClN8O8S/c1-52(2)19-17-36(44(30-52)34-5-7-37(53)8-6-34)31-58-22-24-59(25-23-58)39-11-15-43(45(28-39)60-21-4-26-68-51-47(60)27-35-18-20-54-49(35)55-51)50(62)56-70(65,66)42-14-16-48(46(29-42)61(63)64)69-41-12-9-38(10-13-41)57(3)40-32-67-33-40/h5-8,11,14-16,18,20,27-29,38,40-41H,4,9-10,12-13,17,19,21-26,30-33H2,1-3H3,(H,54,55)(H,56,62). The van der Waals surface area contributed by atoms with E-state index in [1.54, 1.807) is 12.3 Å². The number of amides is 1. The Morgan fingerprint density at radius 2 is 1.74 bits per heavy atom. The third-order valence-corrected chi connectivity index (χ3v) is 16.5. The van der Waals surface area contributed by atoms with Crippen LogP contribution in [-0.4, -0.2) is 123 Å². The van der Waals surface area contributed by atoms with Crippen molar-refractivity contribution in [2.24, 2.45) is 5.41 Å². The molecule has 10 rings (SSSR count). The summed E-state index contributed by atoms with van der Waals surface area (Å²) in [5.41, 5.74) is 6.63. The highest BCUT2D eigenvalue weighted by molar-refractivity contribution is 7.90. The zero-order valence-electron chi connectivity index (χ0n) is 40.0. The molecule has 2 aromatic heterocycles. The summed E-state index contributed by atoms with van der Waals surface area (Å²) in [6.07, 6.45) is 8.50. The molecule has 5 aliphatic rings. The minimum Gasteiger partial charge on any atom is -0.484 e. The first-order valence-electron chi connectivity index (χ1n) is 24.5. The number of ether oxygens (including phenoxy) is 3. The van der Waals surface area contributed by atoms with E-state index in [1.807, 2.05) is 41.3 Å². The van der Waals surface area contributed by atoms with Gasteiger partial charge in [-0.1, -0.05) is 43.2 Å². The van der Waals surface area contributed by atoms with Crippen molar-refractivity contribution < 1.29 is 32.3 Å². The molecule has 0 bridgehead atoms. The van der Waals surface area contributed by atoms with Crippen LogP contribution in [0.1, 0.15) is 81.1 Å². The number of benzene rings is 3. The Morgan fingerprint density at radius 1 is 0.971 bits per heavy atom. The van der Waals surface area contributed by atoms with Gasteiger partial charge in [-0.2, -0.15) is 4.98 Å². The molecule has 16 nitrogen and oxygen atoms in total. The van der Waals surface area contributed by atoms with E-state index in [2.05, 4.69) is 57.4 Å². The number of anilines is 3. The molecule has 5 heterocycles. The van der Waals surface area contributed by atoms with Gasteiger partial charge in [0.2, 0.25) is 5.88 Å². The van der Waals surface area contributed by atoms with Crippen LogP contribution in [0.4, 0.5) is 22.7 Å². The van der Waals surface area contributed by atoms with Crippen molar-refractivity contribution in [3.63, 3.8) is 0 Å². The quantitative estimate of drug-likeness (QED) is 0.0846. The largest absolute Gasteiger partial charge is 0.484 e. The molecule has 2 N–H and O–H groups in total. The Kier molecular flexibility index (Phi) is 13.6. The topological polar surface area (TPSA) is 176 Å². The van der Waals surface area contributed by atoms with Crippen LogP contribution in [0, 0.1) is 15.5 Å². The average Bonchev–Trinajstić information content (AvgIpc) is 3.69. The Labute approximate surface area is 414 Å². The van der Waals surface area contributed by atoms with Gasteiger partial charge < -0.3 is 29.0 Å². The summed E-state index contributed by atoms with van der Waals surface area (Å²) in [6, 6.07) is 21.9. The van der Waals surface area contributed by atoms with Crippen LogP contribution in [0.5, 0.6) is 11.6 Å². The number of carbonyl (C=O) groups is 1. The molecule has 0 unspecified atom stereocenters. The summed E-state index contributed by atoms with van der Waals surface area (Å²) in [5, 5.41) is 14.0. The van der Waals surface area contributed by atoms with E-state index in [-0.39, 0.29) is 22.8 Å². The Balaban J connectivity index is 0.893. The molecule has 0 radical (unpaired) electrons. The normalized spacial score (nSPS) is 21.2. The second-order valence-electron chi connectivity index (χ2n) is 20.2. The van der Waals surface area contributed by atoms with Gasteiger partial charge in [0.1, 0.15) is 11.3 Å². The van der Waals surface area contributed by atoms with E-state index in [0.29, 0.717) is 67.4 Å². The molecule has 2 saturated heterocycles. The molecular formula is C52H61ClN8O8S. The number of nitro benzene ring substituents is 1. The number of sulfonamides is 1. The van der Waals surface area contributed by atoms with Gasteiger partial charge in [-0.25, -0.2) is 13.1 Å². The van der Waals surface area contributed by atoms with Gasteiger partial charge >= 0.3 is 5.69 Å². The molecule has 70 heavy (non-hydrogen) atoms. The first kappa shape index (κ1) is 47.9. The number of fused-ring (bicyclic) bond motifs is 2. The fourth-order valence-electron chi connectivity index (χ4n) is 10.7. The maximum atomic E-state index is 14.5. The second kappa shape index (κ2) is 19.8. The lowest BCUT2D eigenvalue weighted by Crippen LogP contribution is -2.52. The zero-order valence-corrected chi connectivity index (χ0v) is 41.6. The number of allylic oxidation sites excluding steroid dienone is 1. The van der Waals surface area contributed by atoms with Crippen molar-refractivity contribution in [1.29, 1.82) is 0 Å². The molecule has 1 amide bonds. The van der Waals surface area contributed by atoms with E-state index in [9.17, 15) is 23.3 Å². The summed E-state index contributed by atoms with van der Waals surface area (Å²) < 4.78 is 48.1. The molecule has 0 atom stereocenters. The number of hydrogen-bond acceptors (Lipinski definition) is 13. The minimum atomic E-state index is -4.61. The van der Waals surface area contributed by atoms with Crippen LogP contribution in [0.15, 0.2) is 89.5 Å². The number of carbonyl (C=O) groups excluding carboxylic acids is 1. The molecule has 3 aromatic carbocycles. The highest BCUT2D eigenvalue weighted by atomic mass is 35.5. The number of nitrogens with zero attached hydrogens (tertiary/aromatic N) is 6. The summed E-state index contributed by atoms with van der Waals surface area (Å²) in [5.74, 6) is -0.502. The maximum absolute atomic E-state index is 14.5. The maximum Gasteiger partial charge on any atom is 0.312 e. The van der Waals surface area contributed by atoms with Crippen molar-refractivity contribution in [3.8, 4) is 11.6 Å². The summed E-state index contributed by atoms with van der Waals surface area (Å²) in [4.78, 5) is 42.9. The molecule has 370 valence electrons. The molecule has 1 saturated carbocycles. The van der Waals surface area contributed by atoms with E-state index >= 15 is 0 Å². The van der Waals surface area contributed by atoms with Crippen LogP contribution in [-0.2, 0) is 14.8 Å². The highest BCUT2D eigenvalue weighted by Crippen LogP contribution is 2.44. The predicted molar refractivity (Wildman–Crippen MR) is 271 cm³/mol. The molecular weight excluding hydrogens is 932 g/mol. The van der Waals surface area contributed by atoms with Crippen molar-refractivity contribution in [2.75, 3.05) is 75.9 Å². The number of likely N-dealkylation sites (N-methyl/N-ethyl adjacent to an activating group) is 1. The first-order valence-corrected chi connectivity index (χ1v) is 26.3. The Bertz CT molecular complexity index is 2910. The minimum absolute atomic E-state index is 0.0109. The molecule has 5 aromatic rings. The lowest BCUT2D eigenvalue weighted by atomic mass is 9.72. The SMILES string of the molecule is CN(C1CCC(Oc2ccc(S(=O)(=O)NC(=O)c3ccc(N4CCN(CC5=C(c6ccc(Cl)cc6)CC(C)(C)CC5)CC4)cc3N3CCCOc4nc5[nH]ccc5cc43)cc2[N+](=O)[O-])CC1)C1COC1. The number of piperazine rings is 1. The van der Waals surface area contributed by atoms with E-state index in [4.69, 9.17) is 30.8 Å². The summed E-state index contributed by atoms with van der Waals surface area (Å²) >= 11 is 6.28. The first-order chi connectivity index (χ1) is 33.7. The molecule has 2 aliphatic carbocycles. The van der Waals surface area contributed by atoms with Crippen LogP contribution in [0.3, 0.4) is 0 Å². The number of nitrogens with one attached hydrogen (secondary N) is 2. The molecule has 18 heteroatoms. The van der Waals surface area contributed by atoms with Gasteiger partial charge in [0.25, 0.3) is 15.9 Å². The number of aromatic amines is 1. The lowest BCUT2D eigenvalue weighted by molar-refractivity contribution is -0.386. The van der Waals surface area contributed by atoms with Crippen LogP contribution >= 0.6 is 11.6 Å². The number of H-pyrrole nitrogens is 1. The predicted octanol–water partition coefficient (Wildman–Crippen LogP) is 8.97. The summed E-state index contributed by atoms with van der Waals surface area (Å²) in [7, 11) is -2.50. The van der Waals surface area contributed by atoms with E-state index in [0.717, 1.165) is 100 Å². The van der Waals surface area contributed by atoms with Gasteiger partial charge in [0.05, 0.1) is 53.0 Å². The molecule has 0 spiro atoms. The lowest BCUT2D eigenvalue weighted by Gasteiger charge is -2.42. The van der Waals surface area contributed by atoms with Gasteiger partial charge in [-0.05, 0) is 130 Å². The molecule has 3 aliphatic heterocycles.